The Balaban J connectivity index is 1.30. The van der Waals surface area contributed by atoms with Gasteiger partial charge in [-0.25, -0.2) is 9.99 Å². The fourth-order valence-corrected chi connectivity index (χ4v) is 7.16. The zero-order valence-electron chi connectivity index (χ0n) is 24.7. The van der Waals surface area contributed by atoms with Crippen LogP contribution >= 0.6 is 23.5 Å². The minimum Gasteiger partial charge on any atom is -0.497 e. The SMILES string of the molecule is CCOc1ccc(-n2c(SCC(=O)N3N=C(c4ccc(OC)cc4)CC3c3ccc(OC)cc3)nc3c(c2=O)SCC3)cc1. The fourth-order valence-electron chi connectivity index (χ4n) is 5.25. The molecule has 0 saturated carbocycles. The van der Waals surface area contributed by atoms with Crippen molar-refractivity contribution in [2.75, 3.05) is 32.3 Å². The Morgan fingerprint density at radius 1 is 0.955 bits per heavy atom. The van der Waals surface area contributed by atoms with Crippen molar-refractivity contribution in [3.63, 3.8) is 0 Å². The monoisotopic (exact) mass is 628 g/mol. The van der Waals surface area contributed by atoms with E-state index < -0.39 is 0 Å². The summed E-state index contributed by atoms with van der Waals surface area (Å²) in [5.74, 6) is 2.91. The van der Waals surface area contributed by atoms with Gasteiger partial charge in [0.15, 0.2) is 5.16 Å². The van der Waals surface area contributed by atoms with E-state index in [1.165, 1.54) is 23.5 Å². The standard InChI is InChI=1S/C33H32N4O5S2/c1-4-42-26-15-9-23(10-16-26)36-32(39)31-27(17-18-43-31)34-33(36)44-20-30(38)37-29(22-7-13-25(41-3)14-8-22)19-28(35-37)21-5-11-24(40-2)12-6-21/h5-16,29H,4,17-20H2,1-3H3. The van der Waals surface area contributed by atoms with Gasteiger partial charge in [-0.3, -0.25) is 14.2 Å². The highest BCUT2D eigenvalue weighted by atomic mass is 32.2. The number of fused-ring (bicyclic) bond motifs is 1. The molecule has 0 N–H and O–H groups in total. The Bertz CT molecular complexity index is 1740. The quantitative estimate of drug-likeness (QED) is 0.162. The maximum atomic E-state index is 13.9. The van der Waals surface area contributed by atoms with Crippen molar-refractivity contribution in [2.24, 2.45) is 5.10 Å². The number of nitrogens with zero attached hydrogens (tertiary/aromatic N) is 4. The lowest BCUT2D eigenvalue weighted by molar-refractivity contribution is -0.130. The molecule has 44 heavy (non-hydrogen) atoms. The third-order valence-electron chi connectivity index (χ3n) is 7.49. The molecule has 0 aliphatic carbocycles. The largest absolute Gasteiger partial charge is 0.497 e. The summed E-state index contributed by atoms with van der Waals surface area (Å²) in [7, 11) is 3.26. The lowest BCUT2D eigenvalue weighted by atomic mass is 9.98. The lowest BCUT2D eigenvalue weighted by Gasteiger charge is -2.22. The summed E-state index contributed by atoms with van der Waals surface area (Å²) in [6.45, 7) is 2.48. The van der Waals surface area contributed by atoms with E-state index in [9.17, 15) is 9.59 Å². The zero-order chi connectivity index (χ0) is 30.6. The third kappa shape index (κ3) is 6.07. The molecule has 0 saturated heterocycles. The third-order valence-corrected chi connectivity index (χ3v) is 9.52. The van der Waals surface area contributed by atoms with Crippen LogP contribution in [0.2, 0.25) is 0 Å². The summed E-state index contributed by atoms with van der Waals surface area (Å²) in [6.07, 6.45) is 1.28. The maximum absolute atomic E-state index is 13.9. The average molecular weight is 629 g/mol. The van der Waals surface area contributed by atoms with Crippen LogP contribution in [-0.4, -0.2) is 58.5 Å². The first-order chi connectivity index (χ1) is 21.5. The second-order valence-corrected chi connectivity index (χ2v) is 12.2. The van der Waals surface area contributed by atoms with Gasteiger partial charge < -0.3 is 14.2 Å². The minimum absolute atomic E-state index is 0.0570. The van der Waals surface area contributed by atoms with Crippen molar-refractivity contribution in [3.05, 3.63) is 100.0 Å². The molecule has 11 heteroatoms. The van der Waals surface area contributed by atoms with Crippen LogP contribution in [0.25, 0.3) is 5.69 Å². The highest BCUT2D eigenvalue weighted by Crippen LogP contribution is 2.36. The Kier molecular flexibility index (Phi) is 8.94. The number of carbonyl (C=O) groups excluding carboxylic acids is 1. The molecule has 4 aromatic rings. The van der Waals surface area contributed by atoms with Crippen LogP contribution in [-0.2, 0) is 11.2 Å². The van der Waals surface area contributed by atoms with Crippen LogP contribution in [0.15, 0.2) is 92.7 Å². The molecular formula is C33H32N4O5S2. The van der Waals surface area contributed by atoms with Crippen LogP contribution in [0.5, 0.6) is 17.2 Å². The molecule has 1 unspecified atom stereocenters. The number of hydrazone groups is 1. The van der Waals surface area contributed by atoms with Gasteiger partial charge in [0.05, 0.1) is 54.6 Å². The fraction of sp³-hybridized carbons (Fsp3) is 0.273. The van der Waals surface area contributed by atoms with E-state index in [1.54, 1.807) is 23.8 Å². The molecule has 3 aromatic carbocycles. The number of aromatic nitrogens is 2. The number of amides is 1. The Labute approximate surface area is 264 Å². The van der Waals surface area contributed by atoms with Crippen molar-refractivity contribution in [1.82, 2.24) is 14.6 Å². The van der Waals surface area contributed by atoms with Gasteiger partial charge in [-0.05, 0) is 78.7 Å². The summed E-state index contributed by atoms with van der Waals surface area (Å²) < 4.78 is 17.9. The van der Waals surface area contributed by atoms with E-state index in [2.05, 4.69) is 0 Å². The van der Waals surface area contributed by atoms with Crippen LogP contribution in [0.1, 0.15) is 36.2 Å². The highest BCUT2D eigenvalue weighted by molar-refractivity contribution is 8.00. The van der Waals surface area contributed by atoms with Crippen molar-refractivity contribution in [3.8, 4) is 22.9 Å². The number of methoxy groups -OCH3 is 2. The molecule has 2 aliphatic rings. The summed E-state index contributed by atoms with van der Waals surface area (Å²) in [5.41, 5.74) is 4.03. The molecule has 3 heterocycles. The Hall–Kier alpha value is -4.22. The topological polar surface area (TPSA) is 95.2 Å². The van der Waals surface area contributed by atoms with E-state index in [0.29, 0.717) is 28.8 Å². The summed E-state index contributed by atoms with van der Waals surface area (Å²) in [5, 5.41) is 6.86. The Morgan fingerprint density at radius 2 is 1.61 bits per heavy atom. The van der Waals surface area contributed by atoms with Crippen molar-refractivity contribution >= 4 is 35.1 Å². The normalized spacial score (nSPS) is 15.6. The smallest absolute Gasteiger partial charge is 0.272 e. The van der Waals surface area contributed by atoms with Crippen molar-refractivity contribution in [1.29, 1.82) is 0 Å². The molecule has 2 aliphatic heterocycles. The second kappa shape index (κ2) is 13.2. The van der Waals surface area contributed by atoms with Gasteiger partial charge in [-0.15, -0.1) is 11.8 Å². The maximum Gasteiger partial charge on any atom is 0.272 e. The number of hydrogen-bond acceptors (Lipinski definition) is 9. The van der Waals surface area contributed by atoms with Crippen molar-refractivity contribution < 1.29 is 19.0 Å². The van der Waals surface area contributed by atoms with Crippen LogP contribution in [0, 0.1) is 0 Å². The molecule has 9 nitrogen and oxygen atoms in total. The zero-order valence-corrected chi connectivity index (χ0v) is 26.3. The number of carbonyl (C=O) groups is 1. The number of hydrogen-bond donors (Lipinski definition) is 0. The van der Waals surface area contributed by atoms with Gasteiger partial charge in [-0.2, -0.15) is 5.10 Å². The molecule has 1 aromatic heterocycles. The van der Waals surface area contributed by atoms with Crippen LogP contribution < -0.4 is 19.8 Å². The second-order valence-electron chi connectivity index (χ2n) is 10.1. The van der Waals surface area contributed by atoms with E-state index in [1.807, 2.05) is 79.7 Å². The van der Waals surface area contributed by atoms with Gasteiger partial charge in [0, 0.05) is 18.6 Å². The predicted octanol–water partition coefficient (Wildman–Crippen LogP) is 5.77. The lowest BCUT2D eigenvalue weighted by Crippen LogP contribution is -2.29. The van der Waals surface area contributed by atoms with Gasteiger partial charge >= 0.3 is 0 Å². The molecule has 6 rings (SSSR count). The number of thioether (sulfide) groups is 2. The van der Waals surface area contributed by atoms with Gasteiger partial charge in [0.25, 0.3) is 11.5 Å². The first-order valence-corrected chi connectivity index (χ1v) is 16.3. The Morgan fingerprint density at radius 3 is 2.27 bits per heavy atom. The van der Waals surface area contributed by atoms with E-state index in [0.717, 1.165) is 52.0 Å². The summed E-state index contributed by atoms with van der Waals surface area (Å²) >= 11 is 2.78. The number of ether oxygens (including phenoxy) is 3. The van der Waals surface area contributed by atoms with Gasteiger partial charge in [0.1, 0.15) is 17.2 Å². The molecule has 0 fully saturated rings. The number of rotatable bonds is 10. The number of benzene rings is 3. The van der Waals surface area contributed by atoms with Gasteiger partial charge in [-0.1, -0.05) is 23.9 Å². The van der Waals surface area contributed by atoms with Crippen LogP contribution in [0.4, 0.5) is 0 Å². The predicted molar refractivity (Wildman–Crippen MR) is 173 cm³/mol. The summed E-state index contributed by atoms with van der Waals surface area (Å²) in [4.78, 5) is 33.1. The molecule has 0 bridgehead atoms. The van der Waals surface area contributed by atoms with Crippen molar-refractivity contribution in [2.45, 2.75) is 35.9 Å². The molecule has 226 valence electrons. The molecule has 0 radical (unpaired) electrons. The van der Waals surface area contributed by atoms with Crippen LogP contribution in [0.3, 0.4) is 0 Å². The molecule has 1 amide bonds. The van der Waals surface area contributed by atoms with Gasteiger partial charge in [0.2, 0.25) is 0 Å². The van der Waals surface area contributed by atoms with E-state index >= 15 is 0 Å². The number of aryl methyl sites for hydroxylation is 1. The first-order valence-electron chi connectivity index (χ1n) is 14.3. The van der Waals surface area contributed by atoms with E-state index in [-0.39, 0.29) is 23.3 Å². The average Bonchev–Trinajstić information content (AvgIpc) is 3.73. The molecule has 0 spiro atoms. The first kappa shape index (κ1) is 29.8. The molecular weight excluding hydrogens is 597 g/mol. The molecule has 1 atom stereocenters. The summed E-state index contributed by atoms with van der Waals surface area (Å²) in [6, 6.07) is 22.5. The highest BCUT2D eigenvalue weighted by Gasteiger charge is 2.33. The minimum atomic E-state index is -0.288. The van der Waals surface area contributed by atoms with E-state index in [4.69, 9.17) is 24.3 Å².